The van der Waals surface area contributed by atoms with Crippen molar-refractivity contribution >= 4 is 27.3 Å². The highest BCUT2D eigenvalue weighted by Gasteiger charge is 2.18. The molecule has 0 spiro atoms. The predicted molar refractivity (Wildman–Crippen MR) is 78.9 cm³/mol. The van der Waals surface area contributed by atoms with Crippen molar-refractivity contribution in [3.8, 4) is 0 Å². The summed E-state index contributed by atoms with van der Waals surface area (Å²) in [5.74, 6) is 0. The smallest absolute Gasteiger partial charge is 0.313 e. The fourth-order valence-corrected chi connectivity index (χ4v) is 2.83. The van der Waals surface area contributed by atoms with Crippen molar-refractivity contribution < 1.29 is 0 Å². The molecule has 0 unspecified atom stereocenters. The minimum atomic E-state index is -0.430. The fourth-order valence-electron chi connectivity index (χ4n) is 1.49. The number of nitrogens with one attached hydrogen (secondary N) is 1. The van der Waals surface area contributed by atoms with E-state index in [1.54, 1.807) is 0 Å². The molecule has 0 amide bonds. The molecule has 0 aliphatic rings. The van der Waals surface area contributed by atoms with Crippen molar-refractivity contribution in [1.82, 2.24) is 14.5 Å². The van der Waals surface area contributed by atoms with Crippen LogP contribution >= 0.6 is 27.3 Å². The van der Waals surface area contributed by atoms with Gasteiger partial charge in [-0.3, -0.25) is 9.36 Å². The molecule has 2 rings (SSSR count). The second kappa shape index (κ2) is 5.05. The van der Waals surface area contributed by atoms with Crippen molar-refractivity contribution in [3.63, 3.8) is 0 Å². The maximum atomic E-state index is 11.9. The molecule has 0 aliphatic carbocycles. The summed E-state index contributed by atoms with van der Waals surface area (Å²) in [6, 6.07) is 0. The predicted octanol–water partition coefficient (Wildman–Crippen LogP) is 2.10. The minimum Gasteiger partial charge on any atom is -0.313 e. The maximum Gasteiger partial charge on any atom is 0.328 e. The van der Waals surface area contributed by atoms with E-state index in [2.05, 4.69) is 46.7 Å². The molecule has 0 atom stereocenters. The molecule has 0 fully saturated rings. The van der Waals surface area contributed by atoms with Crippen LogP contribution in [0, 0.1) is 0 Å². The van der Waals surface area contributed by atoms with Gasteiger partial charge in [0.2, 0.25) is 0 Å². The largest absolute Gasteiger partial charge is 0.328 e. The fraction of sp³-hybridized carbons (Fsp3) is 0.417. The van der Waals surface area contributed by atoms with Crippen molar-refractivity contribution in [1.29, 1.82) is 0 Å². The van der Waals surface area contributed by atoms with Crippen LogP contribution in [0.2, 0.25) is 0 Å². The van der Waals surface area contributed by atoms with E-state index in [0.717, 1.165) is 15.3 Å². The molecule has 0 saturated heterocycles. The quantitative estimate of drug-likeness (QED) is 0.907. The summed E-state index contributed by atoms with van der Waals surface area (Å²) < 4.78 is 1.47. The van der Waals surface area contributed by atoms with Crippen LogP contribution in [0.3, 0.4) is 0 Å². The van der Waals surface area contributed by atoms with Crippen LogP contribution in [0.15, 0.2) is 25.6 Å². The summed E-state index contributed by atoms with van der Waals surface area (Å²) >= 11 is 4.57. The average Bonchev–Trinajstić information content (AvgIpc) is 2.78. The number of thiazole rings is 1. The van der Waals surface area contributed by atoms with Gasteiger partial charge < -0.3 is 4.98 Å². The van der Waals surface area contributed by atoms with E-state index in [9.17, 15) is 9.59 Å². The van der Waals surface area contributed by atoms with Gasteiger partial charge in [0.1, 0.15) is 5.01 Å². The molecule has 19 heavy (non-hydrogen) atoms. The maximum absolute atomic E-state index is 11.9. The summed E-state index contributed by atoms with van der Waals surface area (Å²) in [5.41, 5.74) is 0.146. The van der Waals surface area contributed by atoms with Gasteiger partial charge in [0.05, 0.1) is 16.7 Å². The molecule has 102 valence electrons. The molecule has 2 heterocycles. The van der Waals surface area contributed by atoms with Gasteiger partial charge in [0.15, 0.2) is 0 Å². The highest BCUT2D eigenvalue weighted by atomic mass is 79.9. The topological polar surface area (TPSA) is 67.8 Å². The molecule has 0 radical (unpaired) electrons. The van der Waals surface area contributed by atoms with Gasteiger partial charge in [-0.05, 0) is 15.9 Å². The number of halogens is 1. The molecule has 0 saturated carbocycles. The van der Waals surface area contributed by atoms with Crippen LogP contribution in [0.25, 0.3) is 0 Å². The molecule has 1 N–H and O–H groups in total. The molecule has 0 aliphatic heterocycles. The van der Waals surface area contributed by atoms with Gasteiger partial charge >= 0.3 is 5.69 Å². The lowest BCUT2D eigenvalue weighted by Gasteiger charge is -2.14. The van der Waals surface area contributed by atoms with Crippen LogP contribution in [0.5, 0.6) is 0 Å². The molecule has 0 bridgehead atoms. The van der Waals surface area contributed by atoms with Crippen molar-refractivity contribution in [2.45, 2.75) is 32.7 Å². The Kier molecular flexibility index (Phi) is 3.78. The first-order valence-corrected chi connectivity index (χ1v) is 7.39. The first kappa shape index (κ1) is 14.2. The Bertz CT molecular complexity index is 709. The highest BCUT2D eigenvalue weighted by molar-refractivity contribution is 9.10. The van der Waals surface area contributed by atoms with E-state index in [4.69, 9.17) is 0 Å². The Morgan fingerprint density at radius 1 is 1.42 bits per heavy atom. The van der Waals surface area contributed by atoms with E-state index in [0.29, 0.717) is 4.47 Å². The summed E-state index contributed by atoms with van der Waals surface area (Å²) in [6.07, 6.45) is 1.35. The number of rotatable bonds is 2. The van der Waals surface area contributed by atoms with Gasteiger partial charge in [-0.15, -0.1) is 11.3 Å². The Morgan fingerprint density at radius 2 is 2.11 bits per heavy atom. The van der Waals surface area contributed by atoms with E-state index in [-0.39, 0.29) is 17.5 Å². The van der Waals surface area contributed by atoms with Gasteiger partial charge in [-0.25, -0.2) is 9.78 Å². The second-order valence-electron chi connectivity index (χ2n) is 5.21. The zero-order valence-corrected chi connectivity index (χ0v) is 13.3. The minimum absolute atomic E-state index is 0.0383. The van der Waals surface area contributed by atoms with Crippen LogP contribution in [0.4, 0.5) is 0 Å². The van der Waals surface area contributed by atoms with Crippen LogP contribution in [-0.4, -0.2) is 14.5 Å². The molecular formula is C12H14BrN3O2S. The highest BCUT2D eigenvalue weighted by Crippen LogP contribution is 2.23. The lowest BCUT2D eigenvalue weighted by atomic mass is 9.93. The van der Waals surface area contributed by atoms with Gasteiger partial charge in [-0.1, -0.05) is 20.8 Å². The van der Waals surface area contributed by atoms with E-state index in [1.807, 2.05) is 5.38 Å². The third-order valence-electron chi connectivity index (χ3n) is 2.63. The lowest BCUT2D eigenvalue weighted by Crippen LogP contribution is -2.35. The molecule has 0 aromatic carbocycles. The van der Waals surface area contributed by atoms with Crippen molar-refractivity contribution in [2.75, 3.05) is 0 Å². The third-order valence-corrected chi connectivity index (χ3v) is 4.03. The Labute approximate surface area is 122 Å². The Hall–Kier alpha value is -1.21. The number of nitrogens with zero attached hydrogens (tertiary/aromatic N) is 2. The number of hydrogen-bond acceptors (Lipinski definition) is 4. The molecule has 2 aromatic rings. The summed E-state index contributed by atoms with van der Waals surface area (Å²) in [4.78, 5) is 30.5. The number of aromatic amines is 1. The first-order valence-electron chi connectivity index (χ1n) is 5.72. The van der Waals surface area contributed by atoms with Crippen molar-refractivity contribution in [2.24, 2.45) is 0 Å². The monoisotopic (exact) mass is 343 g/mol. The average molecular weight is 344 g/mol. The normalized spacial score (nSPS) is 11.8. The van der Waals surface area contributed by atoms with E-state index in [1.165, 1.54) is 17.5 Å². The first-order chi connectivity index (χ1) is 8.79. The molecule has 5 nitrogen and oxygen atoms in total. The summed E-state index contributed by atoms with van der Waals surface area (Å²) in [5, 5.41) is 2.71. The van der Waals surface area contributed by atoms with Gasteiger partial charge in [0, 0.05) is 17.0 Å². The second-order valence-corrected chi connectivity index (χ2v) is 7.01. The Balaban J connectivity index is 2.38. The zero-order valence-electron chi connectivity index (χ0n) is 10.9. The van der Waals surface area contributed by atoms with E-state index >= 15 is 0 Å². The summed E-state index contributed by atoms with van der Waals surface area (Å²) in [7, 11) is 0. The number of hydrogen-bond donors (Lipinski definition) is 1. The van der Waals surface area contributed by atoms with Crippen LogP contribution < -0.4 is 11.2 Å². The Morgan fingerprint density at radius 3 is 2.68 bits per heavy atom. The molecular weight excluding hydrogens is 330 g/mol. The van der Waals surface area contributed by atoms with Crippen LogP contribution in [0.1, 0.15) is 31.5 Å². The zero-order chi connectivity index (χ0) is 14.2. The van der Waals surface area contributed by atoms with Gasteiger partial charge in [0.25, 0.3) is 5.56 Å². The van der Waals surface area contributed by atoms with E-state index < -0.39 is 5.69 Å². The van der Waals surface area contributed by atoms with Gasteiger partial charge in [-0.2, -0.15) is 0 Å². The molecule has 7 heteroatoms. The summed E-state index contributed by atoms with van der Waals surface area (Å²) in [6.45, 7) is 6.41. The number of aromatic nitrogens is 3. The third kappa shape index (κ3) is 3.03. The lowest BCUT2D eigenvalue weighted by molar-refractivity contribution is 0.568. The SMILES string of the molecule is CC(C)(C)c1csc(Cn2c(=O)[nH]cc(Br)c2=O)n1. The van der Waals surface area contributed by atoms with Crippen LogP contribution in [-0.2, 0) is 12.0 Å². The van der Waals surface area contributed by atoms with Crippen molar-refractivity contribution in [3.05, 3.63) is 47.6 Å². The number of H-pyrrole nitrogens is 1. The molecule has 2 aromatic heterocycles. The standard InChI is InChI=1S/C12H14BrN3O2S/c1-12(2,3)8-6-19-9(15-8)5-16-10(17)7(13)4-14-11(16)18/h4,6H,5H2,1-3H3,(H,14,18).